The SMILES string of the molecule is Cc1ccc(C(=O)OC(C)C(=O)NC2CCCC2)c(C)c1. The first-order valence-electron chi connectivity index (χ1n) is 7.56. The normalized spacial score (nSPS) is 16.5. The number of hydrogen-bond donors (Lipinski definition) is 1. The second kappa shape index (κ2) is 6.74. The molecule has 4 nitrogen and oxygen atoms in total. The van der Waals surface area contributed by atoms with E-state index >= 15 is 0 Å². The molecule has 0 radical (unpaired) electrons. The number of carbonyl (C=O) groups is 2. The molecule has 0 aromatic heterocycles. The van der Waals surface area contributed by atoms with Crippen LogP contribution in [0, 0.1) is 13.8 Å². The van der Waals surface area contributed by atoms with Gasteiger partial charge in [0.1, 0.15) is 0 Å². The summed E-state index contributed by atoms with van der Waals surface area (Å²) in [6.07, 6.45) is 3.58. The first-order chi connectivity index (χ1) is 9.97. The molecular formula is C17H23NO3. The van der Waals surface area contributed by atoms with Crippen LogP contribution in [0.4, 0.5) is 0 Å². The van der Waals surface area contributed by atoms with Crippen molar-refractivity contribution in [2.75, 3.05) is 0 Å². The number of ether oxygens (including phenoxy) is 1. The zero-order chi connectivity index (χ0) is 15.4. The molecule has 0 heterocycles. The Bertz CT molecular complexity index is 533. The smallest absolute Gasteiger partial charge is 0.339 e. The molecule has 0 saturated heterocycles. The van der Waals surface area contributed by atoms with E-state index in [0.29, 0.717) is 5.56 Å². The molecule has 114 valence electrons. The van der Waals surface area contributed by atoms with Gasteiger partial charge in [0.15, 0.2) is 6.10 Å². The molecule has 4 heteroatoms. The van der Waals surface area contributed by atoms with Crippen molar-refractivity contribution in [1.82, 2.24) is 5.32 Å². The van der Waals surface area contributed by atoms with Gasteiger partial charge in [-0.2, -0.15) is 0 Å². The molecule has 1 saturated carbocycles. The third-order valence-electron chi connectivity index (χ3n) is 3.96. The summed E-state index contributed by atoms with van der Waals surface area (Å²) in [5.41, 5.74) is 2.47. The van der Waals surface area contributed by atoms with Crippen molar-refractivity contribution in [3.8, 4) is 0 Å². The van der Waals surface area contributed by atoms with Gasteiger partial charge in [-0.15, -0.1) is 0 Å². The van der Waals surface area contributed by atoms with Crippen molar-refractivity contribution in [3.05, 3.63) is 34.9 Å². The number of nitrogens with one attached hydrogen (secondary N) is 1. The van der Waals surface area contributed by atoms with E-state index in [1.165, 1.54) is 0 Å². The second-order valence-corrected chi connectivity index (χ2v) is 5.86. The van der Waals surface area contributed by atoms with Crippen LogP contribution in [0.3, 0.4) is 0 Å². The Kier molecular flexibility index (Phi) is 4.99. The summed E-state index contributed by atoms with van der Waals surface area (Å²) >= 11 is 0. The van der Waals surface area contributed by atoms with Crippen molar-refractivity contribution in [1.29, 1.82) is 0 Å². The number of hydrogen-bond acceptors (Lipinski definition) is 3. The molecular weight excluding hydrogens is 266 g/mol. The molecule has 1 aliphatic carbocycles. The summed E-state index contributed by atoms with van der Waals surface area (Å²) in [5.74, 6) is -0.651. The van der Waals surface area contributed by atoms with Crippen LogP contribution in [0.2, 0.25) is 0 Å². The quantitative estimate of drug-likeness (QED) is 0.867. The topological polar surface area (TPSA) is 55.4 Å². The molecule has 0 bridgehead atoms. The summed E-state index contributed by atoms with van der Waals surface area (Å²) in [6, 6.07) is 5.78. The number of carbonyl (C=O) groups excluding carboxylic acids is 2. The minimum absolute atomic E-state index is 0.208. The molecule has 1 aromatic rings. The fourth-order valence-electron chi connectivity index (χ4n) is 2.71. The number of esters is 1. The highest BCUT2D eigenvalue weighted by molar-refractivity contribution is 5.93. The molecule has 0 spiro atoms. The lowest BCUT2D eigenvalue weighted by Crippen LogP contribution is -2.40. The fourth-order valence-corrected chi connectivity index (χ4v) is 2.71. The van der Waals surface area contributed by atoms with Crippen LogP contribution < -0.4 is 5.32 Å². The van der Waals surface area contributed by atoms with Gasteiger partial charge in [-0.3, -0.25) is 4.79 Å². The molecule has 21 heavy (non-hydrogen) atoms. The van der Waals surface area contributed by atoms with E-state index in [-0.39, 0.29) is 11.9 Å². The second-order valence-electron chi connectivity index (χ2n) is 5.86. The van der Waals surface area contributed by atoms with Gasteiger partial charge in [-0.25, -0.2) is 4.79 Å². The van der Waals surface area contributed by atoms with Crippen molar-refractivity contribution < 1.29 is 14.3 Å². The maximum absolute atomic E-state index is 12.1. The Morgan fingerprint density at radius 3 is 2.52 bits per heavy atom. The summed E-state index contributed by atoms with van der Waals surface area (Å²) in [5, 5.41) is 2.94. The third-order valence-corrected chi connectivity index (χ3v) is 3.96. The number of amides is 1. The van der Waals surface area contributed by atoms with Crippen molar-refractivity contribution in [2.45, 2.75) is 58.6 Å². The van der Waals surface area contributed by atoms with Gasteiger partial charge in [0, 0.05) is 6.04 Å². The monoisotopic (exact) mass is 289 g/mol. The lowest BCUT2D eigenvalue weighted by atomic mass is 10.1. The average molecular weight is 289 g/mol. The average Bonchev–Trinajstić information content (AvgIpc) is 2.91. The first kappa shape index (κ1) is 15.5. The van der Waals surface area contributed by atoms with Crippen LogP contribution >= 0.6 is 0 Å². The van der Waals surface area contributed by atoms with E-state index in [1.54, 1.807) is 13.0 Å². The maximum atomic E-state index is 12.1. The Hall–Kier alpha value is -1.84. The van der Waals surface area contributed by atoms with Gasteiger partial charge in [-0.1, -0.05) is 30.5 Å². The fraction of sp³-hybridized carbons (Fsp3) is 0.529. The molecule has 1 amide bonds. The van der Waals surface area contributed by atoms with Crippen molar-refractivity contribution in [3.63, 3.8) is 0 Å². The van der Waals surface area contributed by atoms with Gasteiger partial charge in [-0.05, 0) is 45.2 Å². The largest absolute Gasteiger partial charge is 0.449 e. The highest BCUT2D eigenvalue weighted by atomic mass is 16.5. The van der Waals surface area contributed by atoms with Crippen LogP contribution in [0.1, 0.15) is 54.1 Å². The van der Waals surface area contributed by atoms with Crippen LogP contribution in [0.25, 0.3) is 0 Å². The highest BCUT2D eigenvalue weighted by Crippen LogP contribution is 2.18. The van der Waals surface area contributed by atoms with Crippen molar-refractivity contribution in [2.24, 2.45) is 0 Å². The Morgan fingerprint density at radius 2 is 1.90 bits per heavy atom. The minimum Gasteiger partial charge on any atom is -0.449 e. The van der Waals surface area contributed by atoms with E-state index in [1.807, 2.05) is 26.0 Å². The van der Waals surface area contributed by atoms with Crippen LogP contribution in [0.5, 0.6) is 0 Å². The van der Waals surface area contributed by atoms with E-state index in [2.05, 4.69) is 5.32 Å². The molecule has 1 N–H and O–H groups in total. The van der Waals surface area contributed by atoms with E-state index < -0.39 is 12.1 Å². The zero-order valence-corrected chi connectivity index (χ0v) is 12.9. The number of benzene rings is 1. The summed E-state index contributed by atoms with van der Waals surface area (Å²) < 4.78 is 5.28. The molecule has 1 fully saturated rings. The predicted molar refractivity (Wildman–Crippen MR) is 81.2 cm³/mol. The van der Waals surface area contributed by atoms with Crippen molar-refractivity contribution >= 4 is 11.9 Å². The highest BCUT2D eigenvalue weighted by Gasteiger charge is 2.23. The van der Waals surface area contributed by atoms with Gasteiger partial charge in [0.2, 0.25) is 0 Å². The summed E-state index contributed by atoms with van der Waals surface area (Å²) in [6.45, 7) is 5.46. The molecule has 1 aromatic carbocycles. The molecule has 2 rings (SSSR count). The summed E-state index contributed by atoms with van der Waals surface area (Å²) in [7, 11) is 0. The van der Waals surface area contributed by atoms with E-state index in [4.69, 9.17) is 4.74 Å². The molecule has 1 unspecified atom stereocenters. The van der Waals surface area contributed by atoms with Gasteiger partial charge >= 0.3 is 5.97 Å². The number of rotatable bonds is 4. The Balaban J connectivity index is 1.93. The standard InChI is InChI=1S/C17H23NO3/c1-11-8-9-15(12(2)10-11)17(20)21-13(3)16(19)18-14-6-4-5-7-14/h8-10,13-14H,4-7H2,1-3H3,(H,18,19). The van der Waals surface area contributed by atoms with E-state index in [0.717, 1.165) is 36.8 Å². The maximum Gasteiger partial charge on any atom is 0.339 e. The Labute approximate surface area is 125 Å². The lowest BCUT2D eigenvalue weighted by molar-refractivity contribution is -0.129. The van der Waals surface area contributed by atoms with Crippen LogP contribution in [-0.2, 0) is 9.53 Å². The van der Waals surface area contributed by atoms with E-state index in [9.17, 15) is 9.59 Å². The molecule has 1 atom stereocenters. The minimum atomic E-state index is -0.765. The van der Waals surface area contributed by atoms with Crippen LogP contribution in [-0.4, -0.2) is 24.0 Å². The lowest BCUT2D eigenvalue weighted by Gasteiger charge is -2.17. The zero-order valence-electron chi connectivity index (χ0n) is 12.9. The van der Waals surface area contributed by atoms with Crippen LogP contribution in [0.15, 0.2) is 18.2 Å². The first-order valence-corrected chi connectivity index (χ1v) is 7.56. The summed E-state index contributed by atoms with van der Waals surface area (Å²) in [4.78, 5) is 24.1. The third kappa shape index (κ3) is 4.06. The molecule has 1 aliphatic rings. The molecule has 0 aliphatic heterocycles. The Morgan fingerprint density at radius 1 is 1.24 bits per heavy atom. The predicted octanol–water partition coefficient (Wildman–Crippen LogP) is 2.91. The number of aryl methyl sites for hydroxylation is 2. The van der Waals surface area contributed by atoms with Gasteiger partial charge < -0.3 is 10.1 Å². The van der Waals surface area contributed by atoms with Gasteiger partial charge in [0.25, 0.3) is 5.91 Å². The van der Waals surface area contributed by atoms with Gasteiger partial charge in [0.05, 0.1) is 5.56 Å².